The normalized spacial score (nSPS) is 21.1. The second kappa shape index (κ2) is 6.70. The number of carboxylic acid groups (broad SMARTS) is 1. The molecule has 2 atom stereocenters. The molecule has 1 aromatic carbocycles. The summed E-state index contributed by atoms with van der Waals surface area (Å²) in [7, 11) is 0. The number of nitrogens with one attached hydrogen (secondary N) is 1. The van der Waals surface area contributed by atoms with Crippen LogP contribution in [0.3, 0.4) is 0 Å². The molecule has 7 heteroatoms. The first-order valence-electron chi connectivity index (χ1n) is 6.23. The first kappa shape index (κ1) is 16.2. The van der Waals surface area contributed by atoms with Gasteiger partial charge in [-0.05, 0) is 56.8 Å². The smallest absolute Gasteiger partial charge is 0.307 e. The van der Waals surface area contributed by atoms with Crippen molar-refractivity contribution in [3.63, 3.8) is 0 Å². The Labute approximate surface area is 137 Å². The third-order valence-corrected chi connectivity index (χ3v) is 4.59. The van der Waals surface area contributed by atoms with Crippen molar-refractivity contribution in [1.82, 2.24) is 0 Å². The van der Waals surface area contributed by atoms with Gasteiger partial charge in [-0.1, -0.05) is 12.2 Å². The number of hydrogen-bond acceptors (Lipinski definition) is 2. The predicted octanol–water partition coefficient (Wildman–Crippen LogP) is 3.96. The van der Waals surface area contributed by atoms with Gasteiger partial charge in [0.2, 0.25) is 5.91 Å². The van der Waals surface area contributed by atoms with E-state index in [4.69, 9.17) is 0 Å². The number of rotatable bonds is 3. The lowest BCUT2D eigenvalue weighted by molar-refractivity contribution is -0.146. The van der Waals surface area contributed by atoms with Crippen molar-refractivity contribution in [2.75, 3.05) is 5.32 Å². The van der Waals surface area contributed by atoms with Crippen molar-refractivity contribution in [2.24, 2.45) is 11.8 Å². The molecule has 2 rings (SSSR count). The fourth-order valence-corrected chi connectivity index (χ4v) is 3.58. The van der Waals surface area contributed by atoms with Crippen LogP contribution in [0.1, 0.15) is 12.8 Å². The summed E-state index contributed by atoms with van der Waals surface area (Å²) in [5, 5.41) is 11.9. The molecule has 0 heterocycles. The monoisotopic (exact) mass is 419 g/mol. The Hall–Kier alpha value is -1.21. The molecule has 0 unspecified atom stereocenters. The molecular weight excluding hydrogens is 409 g/mol. The van der Waals surface area contributed by atoms with Gasteiger partial charge >= 0.3 is 5.97 Å². The number of halogens is 3. The summed E-state index contributed by atoms with van der Waals surface area (Å²) in [6, 6.07) is 2.46. The van der Waals surface area contributed by atoms with E-state index in [-0.39, 0.29) is 5.91 Å². The zero-order chi connectivity index (χ0) is 15.6. The molecule has 1 aromatic rings. The number of benzene rings is 1. The molecule has 0 saturated heterocycles. The number of carbonyl (C=O) groups excluding carboxylic acids is 1. The highest BCUT2D eigenvalue weighted by atomic mass is 79.9. The highest BCUT2D eigenvalue weighted by molar-refractivity contribution is 9.11. The molecule has 0 spiro atoms. The minimum atomic E-state index is -0.989. The van der Waals surface area contributed by atoms with Gasteiger partial charge in [-0.15, -0.1) is 0 Å². The molecular formula is C14H12Br2FNO3. The van der Waals surface area contributed by atoms with E-state index in [9.17, 15) is 19.1 Å². The Morgan fingerprint density at radius 2 is 1.67 bits per heavy atom. The Kier molecular flexibility index (Phi) is 5.16. The number of allylic oxidation sites excluding steroid dienone is 2. The van der Waals surface area contributed by atoms with Crippen LogP contribution in [0.25, 0.3) is 0 Å². The molecule has 0 saturated carbocycles. The van der Waals surface area contributed by atoms with Gasteiger partial charge in [0.05, 0.1) is 17.5 Å². The van der Waals surface area contributed by atoms with E-state index in [0.29, 0.717) is 27.5 Å². The molecule has 0 bridgehead atoms. The van der Waals surface area contributed by atoms with Crippen LogP contribution >= 0.6 is 31.9 Å². The van der Waals surface area contributed by atoms with Crippen molar-refractivity contribution in [2.45, 2.75) is 12.8 Å². The molecule has 4 nitrogen and oxygen atoms in total. The van der Waals surface area contributed by atoms with E-state index in [0.717, 1.165) is 0 Å². The first-order chi connectivity index (χ1) is 9.90. The summed E-state index contributed by atoms with van der Waals surface area (Å²) in [6.07, 6.45) is 4.28. The lowest BCUT2D eigenvalue weighted by Crippen LogP contribution is -2.34. The highest BCUT2D eigenvalue weighted by Crippen LogP contribution is 2.34. The Morgan fingerprint density at radius 1 is 1.14 bits per heavy atom. The first-order valence-corrected chi connectivity index (χ1v) is 7.82. The van der Waals surface area contributed by atoms with Crippen molar-refractivity contribution >= 4 is 49.4 Å². The van der Waals surface area contributed by atoms with E-state index in [1.54, 1.807) is 12.2 Å². The maximum Gasteiger partial charge on any atom is 0.307 e. The molecule has 2 N–H and O–H groups in total. The quantitative estimate of drug-likeness (QED) is 0.727. The van der Waals surface area contributed by atoms with Crippen LogP contribution in [-0.2, 0) is 9.59 Å². The molecule has 112 valence electrons. The molecule has 0 aromatic heterocycles. The average molecular weight is 421 g/mol. The third-order valence-electron chi connectivity index (χ3n) is 3.34. The molecule has 1 aliphatic rings. The third kappa shape index (κ3) is 3.71. The van der Waals surface area contributed by atoms with Crippen LogP contribution in [0.4, 0.5) is 10.1 Å². The summed E-state index contributed by atoms with van der Waals surface area (Å²) in [4.78, 5) is 23.5. The SMILES string of the molecule is O=C(O)[C@H]1CC=CC[C@@H]1C(=O)Nc1c(Br)cc(F)cc1Br. The second-order valence-corrected chi connectivity index (χ2v) is 6.44. The van der Waals surface area contributed by atoms with E-state index in [1.807, 2.05) is 0 Å². The number of hydrogen-bond donors (Lipinski definition) is 2. The summed E-state index contributed by atoms with van der Waals surface area (Å²) in [6.45, 7) is 0. The highest BCUT2D eigenvalue weighted by Gasteiger charge is 2.34. The zero-order valence-electron chi connectivity index (χ0n) is 10.8. The lowest BCUT2D eigenvalue weighted by atomic mass is 9.82. The van der Waals surface area contributed by atoms with Gasteiger partial charge in [0, 0.05) is 8.95 Å². The average Bonchev–Trinajstić information content (AvgIpc) is 2.42. The van der Waals surface area contributed by atoms with Crippen LogP contribution < -0.4 is 5.32 Å². The van der Waals surface area contributed by atoms with Crippen LogP contribution in [0.2, 0.25) is 0 Å². The maximum absolute atomic E-state index is 13.2. The van der Waals surface area contributed by atoms with Gasteiger partial charge in [0.25, 0.3) is 0 Å². The van der Waals surface area contributed by atoms with Gasteiger partial charge in [0.1, 0.15) is 5.82 Å². The minimum absolute atomic E-state index is 0.333. The van der Waals surface area contributed by atoms with Gasteiger partial charge < -0.3 is 10.4 Å². The second-order valence-electron chi connectivity index (χ2n) is 4.73. The number of anilines is 1. The summed E-state index contributed by atoms with van der Waals surface area (Å²) >= 11 is 6.36. The topological polar surface area (TPSA) is 66.4 Å². The van der Waals surface area contributed by atoms with Crippen molar-refractivity contribution in [3.8, 4) is 0 Å². The van der Waals surface area contributed by atoms with Crippen molar-refractivity contribution in [1.29, 1.82) is 0 Å². The molecule has 1 aliphatic carbocycles. The zero-order valence-corrected chi connectivity index (χ0v) is 13.9. The minimum Gasteiger partial charge on any atom is -0.481 e. The number of amides is 1. The van der Waals surface area contributed by atoms with Crippen LogP contribution in [0.15, 0.2) is 33.2 Å². The number of carbonyl (C=O) groups is 2. The van der Waals surface area contributed by atoms with Crippen LogP contribution in [0, 0.1) is 17.7 Å². The molecule has 1 amide bonds. The van der Waals surface area contributed by atoms with Crippen molar-refractivity contribution < 1.29 is 19.1 Å². The van der Waals surface area contributed by atoms with Crippen LogP contribution in [-0.4, -0.2) is 17.0 Å². The summed E-state index contributed by atoms with van der Waals surface area (Å²) in [5.74, 6) is -3.21. The molecule has 0 radical (unpaired) electrons. The Balaban J connectivity index is 2.21. The molecule has 0 fully saturated rings. The Morgan fingerprint density at radius 3 is 2.19 bits per heavy atom. The number of aliphatic carboxylic acids is 1. The van der Waals surface area contributed by atoms with Gasteiger partial charge in [-0.25, -0.2) is 4.39 Å². The van der Waals surface area contributed by atoms with Gasteiger partial charge in [0.15, 0.2) is 0 Å². The van der Waals surface area contributed by atoms with Crippen molar-refractivity contribution in [3.05, 3.63) is 39.0 Å². The molecule has 21 heavy (non-hydrogen) atoms. The van der Waals surface area contributed by atoms with Crippen LogP contribution in [0.5, 0.6) is 0 Å². The van der Waals surface area contributed by atoms with Gasteiger partial charge in [-0.3, -0.25) is 9.59 Å². The fraction of sp³-hybridized carbons (Fsp3) is 0.286. The van der Waals surface area contributed by atoms with Gasteiger partial charge in [-0.2, -0.15) is 0 Å². The fourth-order valence-electron chi connectivity index (χ4n) is 2.25. The Bertz CT molecular complexity index is 595. The largest absolute Gasteiger partial charge is 0.481 e. The van der Waals surface area contributed by atoms with E-state index in [2.05, 4.69) is 37.2 Å². The van der Waals surface area contributed by atoms with E-state index < -0.39 is 23.6 Å². The predicted molar refractivity (Wildman–Crippen MR) is 83.4 cm³/mol. The summed E-state index contributed by atoms with van der Waals surface area (Å²) < 4.78 is 14.0. The van der Waals surface area contributed by atoms with E-state index in [1.165, 1.54) is 12.1 Å². The maximum atomic E-state index is 13.2. The summed E-state index contributed by atoms with van der Waals surface area (Å²) in [5.41, 5.74) is 0.389. The molecule has 0 aliphatic heterocycles. The lowest BCUT2D eigenvalue weighted by Gasteiger charge is -2.24. The van der Waals surface area contributed by atoms with E-state index >= 15 is 0 Å². The number of carboxylic acids is 1. The standard InChI is InChI=1S/C14H12Br2FNO3/c15-10-5-7(17)6-11(16)12(10)18-13(19)8-3-1-2-4-9(8)14(20)21/h1-2,5-6,8-9H,3-4H2,(H,18,19)(H,20,21)/t8-,9-/m0/s1.